The summed E-state index contributed by atoms with van der Waals surface area (Å²) in [5.74, 6) is -1.01. The van der Waals surface area contributed by atoms with Crippen LogP contribution in [-0.4, -0.2) is 22.0 Å². The number of benzene rings is 2. The normalized spacial score (nSPS) is 14.1. The maximum absolute atomic E-state index is 13.0. The van der Waals surface area contributed by atoms with Crippen molar-refractivity contribution in [3.63, 3.8) is 0 Å². The van der Waals surface area contributed by atoms with Gasteiger partial charge in [-0.2, -0.15) is 5.09 Å². The lowest BCUT2D eigenvalue weighted by molar-refractivity contribution is -0.384. The molecule has 9 nitrogen and oxygen atoms in total. The summed E-state index contributed by atoms with van der Waals surface area (Å²) >= 11 is 0. The van der Waals surface area contributed by atoms with Crippen LogP contribution in [0.3, 0.4) is 0 Å². The molecule has 2 N–H and O–H groups in total. The zero-order valence-corrected chi connectivity index (χ0v) is 14.9. The number of carboxylic acid groups (broad SMARTS) is 1. The second-order valence-electron chi connectivity index (χ2n) is 5.43. The fraction of sp³-hybridized carbons (Fsp3) is 0.188. The minimum atomic E-state index is -4.13. The predicted octanol–water partition coefficient (Wildman–Crippen LogP) is 3.53. The lowest BCUT2D eigenvalue weighted by Crippen LogP contribution is -2.34. The molecule has 138 valence electrons. The number of aliphatic carboxylic acids is 1. The highest BCUT2D eigenvalue weighted by atomic mass is 31.2. The lowest BCUT2D eigenvalue weighted by Gasteiger charge is -2.22. The topological polar surface area (TPSA) is 128 Å². The van der Waals surface area contributed by atoms with Crippen molar-refractivity contribution in [2.24, 2.45) is 0 Å². The second kappa shape index (κ2) is 7.99. The van der Waals surface area contributed by atoms with E-state index in [-0.39, 0.29) is 17.2 Å². The molecule has 0 saturated carbocycles. The summed E-state index contributed by atoms with van der Waals surface area (Å²) < 4.78 is 23.7. The third kappa shape index (κ3) is 5.30. The van der Waals surface area contributed by atoms with Gasteiger partial charge in [0.05, 0.1) is 4.92 Å². The van der Waals surface area contributed by atoms with Crippen LogP contribution in [0.5, 0.6) is 11.5 Å². The largest absolute Gasteiger partial charge is 0.513 e. The third-order valence-corrected chi connectivity index (χ3v) is 4.85. The van der Waals surface area contributed by atoms with Crippen molar-refractivity contribution >= 4 is 19.4 Å². The molecule has 0 aliphatic rings. The molecule has 0 bridgehead atoms. The molecule has 0 heterocycles. The van der Waals surface area contributed by atoms with E-state index in [2.05, 4.69) is 5.09 Å². The number of nitro groups is 1. The Morgan fingerprint density at radius 1 is 1.12 bits per heavy atom. The molecule has 0 spiro atoms. The first-order chi connectivity index (χ1) is 12.2. The Morgan fingerprint density at radius 3 is 2.00 bits per heavy atom. The summed E-state index contributed by atoms with van der Waals surface area (Å²) in [5.41, 5.74) is 0.786. The van der Waals surface area contributed by atoms with E-state index in [9.17, 15) is 19.5 Å². The Balaban J connectivity index is 2.26. The highest BCUT2D eigenvalue weighted by molar-refractivity contribution is 7.52. The Hall–Kier alpha value is -2.90. The molecule has 0 fully saturated rings. The molecule has 2 atom stereocenters. The Kier molecular flexibility index (Phi) is 5.97. The van der Waals surface area contributed by atoms with Crippen LogP contribution < -0.4 is 14.1 Å². The molecule has 2 rings (SSSR count). The summed E-state index contributed by atoms with van der Waals surface area (Å²) in [6, 6.07) is 10.2. The van der Waals surface area contributed by atoms with Gasteiger partial charge in [-0.1, -0.05) is 17.7 Å². The fourth-order valence-electron chi connectivity index (χ4n) is 1.87. The molecule has 0 saturated heterocycles. The number of carboxylic acids is 1. The van der Waals surface area contributed by atoms with Crippen LogP contribution in [0.25, 0.3) is 0 Å². The molecule has 0 radical (unpaired) electrons. The number of rotatable bonds is 8. The van der Waals surface area contributed by atoms with Gasteiger partial charge in [0.1, 0.15) is 17.5 Å². The number of non-ortho nitro benzene ring substituents is 1. The molecule has 0 aromatic heterocycles. The van der Waals surface area contributed by atoms with Gasteiger partial charge in [-0.05, 0) is 38.1 Å². The minimum Gasteiger partial charge on any atom is -0.480 e. The van der Waals surface area contributed by atoms with Crippen LogP contribution in [0.1, 0.15) is 12.5 Å². The van der Waals surface area contributed by atoms with Gasteiger partial charge in [0.2, 0.25) is 0 Å². The van der Waals surface area contributed by atoms with Crippen molar-refractivity contribution in [1.82, 2.24) is 5.09 Å². The highest BCUT2D eigenvalue weighted by Crippen LogP contribution is 2.45. The Bertz CT molecular complexity index is 837. The molecular formula is C16H17N2O7P. The van der Waals surface area contributed by atoms with Gasteiger partial charge in [0.25, 0.3) is 5.69 Å². The van der Waals surface area contributed by atoms with Crippen LogP contribution in [0.15, 0.2) is 48.5 Å². The van der Waals surface area contributed by atoms with Gasteiger partial charge in [-0.15, -0.1) is 0 Å². The smallest absolute Gasteiger partial charge is 0.480 e. The summed E-state index contributed by atoms with van der Waals surface area (Å²) in [6.45, 7) is 3.15. The van der Waals surface area contributed by atoms with E-state index >= 15 is 0 Å². The first-order valence-electron chi connectivity index (χ1n) is 7.49. The Labute approximate surface area is 149 Å². The molecule has 0 aliphatic carbocycles. The van der Waals surface area contributed by atoms with E-state index in [0.717, 1.165) is 5.56 Å². The van der Waals surface area contributed by atoms with Crippen LogP contribution in [0.4, 0.5) is 5.69 Å². The first-order valence-corrected chi connectivity index (χ1v) is 9.04. The SMILES string of the molecule is Cc1ccc(OP(=O)(NC(C)C(=O)O)Oc2ccc([N+](=O)[O-])cc2)cc1. The maximum atomic E-state index is 13.0. The number of carbonyl (C=O) groups is 1. The van der Waals surface area contributed by atoms with Gasteiger partial charge in [0.15, 0.2) is 0 Å². The van der Waals surface area contributed by atoms with Gasteiger partial charge >= 0.3 is 13.7 Å². The van der Waals surface area contributed by atoms with E-state index in [1.54, 1.807) is 24.3 Å². The van der Waals surface area contributed by atoms with Gasteiger partial charge in [-0.25, -0.2) is 4.57 Å². The van der Waals surface area contributed by atoms with Gasteiger partial charge in [0, 0.05) is 12.1 Å². The molecule has 2 aromatic rings. The third-order valence-electron chi connectivity index (χ3n) is 3.24. The monoisotopic (exact) mass is 380 g/mol. The van der Waals surface area contributed by atoms with Crippen LogP contribution >= 0.6 is 7.75 Å². The van der Waals surface area contributed by atoms with Crippen LogP contribution in [-0.2, 0) is 9.36 Å². The minimum absolute atomic E-state index is 0.0242. The maximum Gasteiger partial charge on any atom is 0.513 e. The standard InChI is InChI=1S/C16H17N2O7P/c1-11-3-7-14(8-4-11)24-26(23,17-12(2)16(19)20)25-15-9-5-13(6-10-15)18(21)22/h3-10,12H,1-2H3,(H,17,23)(H,19,20). The number of hydrogen-bond acceptors (Lipinski definition) is 6. The molecule has 0 aliphatic heterocycles. The average molecular weight is 380 g/mol. The summed E-state index contributed by atoms with van der Waals surface area (Å²) in [4.78, 5) is 21.2. The lowest BCUT2D eigenvalue weighted by atomic mass is 10.2. The zero-order chi connectivity index (χ0) is 19.3. The highest BCUT2D eigenvalue weighted by Gasteiger charge is 2.33. The first kappa shape index (κ1) is 19.4. The molecule has 2 aromatic carbocycles. The van der Waals surface area contributed by atoms with Crippen molar-refractivity contribution < 1.29 is 28.4 Å². The summed E-state index contributed by atoms with van der Waals surface area (Å²) in [6.07, 6.45) is 0. The van der Waals surface area contributed by atoms with E-state index in [1.165, 1.54) is 31.2 Å². The Morgan fingerprint density at radius 2 is 1.58 bits per heavy atom. The van der Waals surface area contributed by atoms with Crippen molar-refractivity contribution in [3.05, 3.63) is 64.2 Å². The number of nitro benzene ring substituents is 1. The quantitative estimate of drug-likeness (QED) is 0.404. The van der Waals surface area contributed by atoms with Crippen molar-refractivity contribution in [3.8, 4) is 11.5 Å². The predicted molar refractivity (Wildman–Crippen MR) is 93.4 cm³/mol. The molecule has 26 heavy (non-hydrogen) atoms. The second-order valence-corrected chi connectivity index (χ2v) is 7.05. The van der Waals surface area contributed by atoms with Gasteiger partial charge in [-0.3, -0.25) is 14.9 Å². The summed E-state index contributed by atoms with van der Waals surface area (Å²) in [5, 5.41) is 22.1. The number of hydrogen-bond donors (Lipinski definition) is 2. The van der Waals surface area contributed by atoms with E-state index in [1.807, 2.05) is 6.92 Å². The molecule has 10 heteroatoms. The molecular weight excluding hydrogens is 363 g/mol. The number of aryl methyl sites for hydroxylation is 1. The van der Waals surface area contributed by atoms with Crippen molar-refractivity contribution in [1.29, 1.82) is 0 Å². The fourth-order valence-corrected chi connectivity index (χ4v) is 3.40. The number of nitrogens with one attached hydrogen (secondary N) is 1. The summed E-state index contributed by atoms with van der Waals surface area (Å²) in [7, 11) is -4.13. The van der Waals surface area contributed by atoms with Crippen molar-refractivity contribution in [2.45, 2.75) is 19.9 Å². The van der Waals surface area contributed by atoms with Gasteiger partial charge < -0.3 is 14.2 Å². The van der Waals surface area contributed by atoms with E-state index < -0.39 is 24.7 Å². The average Bonchev–Trinajstić information content (AvgIpc) is 2.57. The van der Waals surface area contributed by atoms with Crippen LogP contribution in [0.2, 0.25) is 0 Å². The number of nitrogens with zero attached hydrogens (tertiary/aromatic N) is 1. The zero-order valence-electron chi connectivity index (χ0n) is 14.0. The van der Waals surface area contributed by atoms with Crippen molar-refractivity contribution in [2.75, 3.05) is 0 Å². The molecule has 2 unspecified atom stereocenters. The molecule has 0 amide bonds. The van der Waals surface area contributed by atoms with Crippen LogP contribution in [0, 0.1) is 17.0 Å². The van der Waals surface area contributed by atoms with E-state index in [4.69, 9.17) is 14.2 Å². The van der Waals surface area contributed by atoms with E-state index in [0.29, 0.717) is 0 Å².